The third-order valence-electron chi connectivity index (χ3n) is 2.89. The molecule has 1 rings (SSSR count). The second-order valence-electron chi connectivity index (χ2n) is 4.48. The van der Waals surface area contributed by atoms with Gasteiger partial charge in [0.05, 0.1) is 6.04 Å². The molecule has 0 heterocycles. The van der Waals surface area contributed by atoms with Crippen molar-refractivity contribution in [3.05, 3.63) is 35.9 Å². The van der Waals surface area contributed by atoms with Gasteiger partial charge in [-0.1, -0.05) is 49.6 Å². The highest BCUT2D eigenvalue weighted by atomic mass is 16.6. The van der Waals surface area contributed by atoms with Crippen LogP contribution in [0.5, 0.6) is 0 Å². The molecule has 0 saturated heterocycles. The molecule has 0 radical (unpaired) electrons. The number of terminal acetylenes is 1. The monoisotopic (exact) mass is 259 g/mol. The molecule has 0 fully saturated rings. The van der Waals surface area contributed by atoms with Gasteiger partial charge in [-0.2, -0.15) is 0 Å². The van der Waals surface area contributed by atoms with Crippen molar-refractivity contribution < 1.29 is 9.53 Å². The smallest absolute Gasteiger partial charge is 0.408 e. The summed E-state index contributed by atoms with van der Waals surface area (Å²) in [7, 11) is 0. The van der Waals surface area contributed by atoms with Crippen LogP contribution in [-0.4, -0.2) is 12.2 Å². The van der Waals surface area contributed by atoms with E-state index in [2.05, 4.69) is 18.2 Å². The first-order chi connectivity index (χ1) is 9.17. The zero-order chi connectivity index (χ0) is 14.1. The topological polar surface area (TPSA) is 38.3 Å². The highest BCUT2D eigenvalue weighted by Gasteiger charge is 2.14. The predicted molar refractivity (Wildman–Crippen MR) is 76.6 cm³/mol. The van der Waals surface area contributed by atoms with Crippen molar-refractivity contribution in [3.63, 3.8) is 0 Å². The van der Waals surface area contributed by atoms with E-state index in [0.717, 1.165) is 18.4 Å². The summed E-state index contributed by atoms with van der Waals surface area (Å²) in [5.41, 5.74) is 1.03. The minimum absolute atomic E-state index is 0.0988. The average molecular weight is 259 g/mol. The van der Waals surface area contributed by atoms with Crippen LogP contribution in [0.4, 0.5) is 4.79 Å². The Morgan fingerprint density at radius 3 is 2.68 bits per heavy atom. The molecule has 0 aromatic heterocycles. The summed E-state index contributed by atoms with van der Waals surface area (Å²) >= 11 is 0. The molecule has 1 aromatic carbocycles. The van der Waals surface area contributed by atoms with E-state index in [-0.39, 0.29) is 6.04 Å². The molecule has 1 aromatic rings. The van der Waals surface area contributed by atoms with E-state index >= 15 is 0 Å². The van der Waals surface area contributed by atoms with E-state index < -0.39 is 12.2 Å². The van der Waals surface area contributed by atoms with Crippen molar-refractivity contribution in [2.75, 3.05) is 0 Å². The summed E-state index contributed by atoms with van der Waals surface area (Å²) < 4.78 is 5.21. The van der Waals surface area contributed by atoms with Crippen LogP contribution in [-0.2, 0) is 4.74 Å². The maximum atomic E-state index is 11.7. The molecule has 0 spiro atoms. The van der Waals surface area contributed by atoms with E-state index in [1.807, 2.05) is 37.3 Å². The minimum atomic E-state index is -0.463. The van der Waals surface area contributed by atoms with Gasteiger partial charge in [0.2, 0.25) is 0 Å². The lowest BCUT2D eigenvalue weighted by atomic mass is 10.1. The van der Waals surface area contributed by atoms with Gasteiger partial charge in [-0.05, 0) is 25.3 Å². The number of carbonyl (C=O) groups excluding carboxylic acids is 1. The highest BCUT2D eigenvalue weighted by Crippen LogP contribution is 2.12. The fourth-order valence-electron chi connectivity index (χ4n) is 1.73. The average Bonchev–Trinajstić information content (AvgIpc) is 2.44. The Balaban J connectivity index is 2.44. The van der Waals surface area contributed by atoms with E-state index in [1.54, 1.807) is 0 Å². The van der Waals surface area contributed by atoms with Crippen molar-refractivity contribution in [2.45, 2.75) is 45.3 Å². The van der Waals surface area contributed by atoms with Crippen LogP contribution in [0.2, 0.25) is 0 Å². The summed E-state index contributed by atoms with van der Waals surface area (Å²) in [6.07, 6.45) is 7.14. The first-order valence-corrected chi connectivity index (χ1v) is 6.65. The number of ether oxygens (including phenoxy) is 1. The van der Waals surface area contributed by atoms with Crippen LogP contribution in [0.15, 0.2) is 30.3 Å². The van der Waals surface area contributed by atoms with Gasteiger partial charge in [0.1, 0.15) is 0 Å². The van der Waals surface area contributed by atoms with Gasteiger partial charge in [-0.25, -0.2) is 4.79 Å². The number of alkyl carbamates (subject to hydrolysis) is 1. The van der Waals surface area contributed by atoms with E-state index in [9.17, 15) is 4.79 Å². The van der Waals surface area contributed by atoms with Crippen LogP contribution >= 0.6 is 0 Å². The summed E-state index contributed by atoms with van der Waals surface area (Å²) in [6.45, 7) is 3.98. The number of hydrogen-bond donors (Lipinski definition) is 1. The summed E-state index contributed by atoms with van der Waals surface area (Å²) in [4.78, 5) is 11.7. The Morgan fingerprint density at radius 1 is 1.42 bits per heavy atom. The maximum absolute atomic E-state index is 11.7. The Kier molecular flexibility index (Phi) is 6.52. The van der Waals surface area contributed by atoms with Crippen molar-refractivity contribution >= 4 is 6.09 Å². The summed E-state index contributed by atoms with van der Waals surface area (Å²) in [6, 6.07) is 9.63. The van der Waals surface area contributed by atoms with Gasteiger partial charge in [0, 0.05) is 0 Å². The van der Waals surface area contributed by atoms with Crippen molar-refractivity contribution in [1.29, 1.82) is 0 Å². The maximum Gasteiger partial charge on any atom is 0.408 e. The first kappa shape index (κ1) is 15.1. The molecule has 102 valence electrons. The quantitative estimate of drug-likeness (QED) is 0.792. The number of amides is 1. The number of unbranched alkanes of at least 4 members (excludes halogenated alkanes) is 1. The lowest BCUT2D eigenvalue weighted by Gasteiger charge is -2.17. The molecule has 0 aliphatic rings. The molecule has 0 aliphatic carbocycles. The fourth-order valence-corrected chi connectivity index (χ4v) is 1.73. The lowest BCUT2D eigenvalue weighted by Crippen LogP contribution is -2.30. The third kappa shape index (κ3) is 5.48. The number of carbonyl (C=O) groups is 1. The van der Waals surface area contributed by atoms with Gasteiger partial charge in [-0.3, -0.25) is 0 Å². The molecule has 0 bridgehead atoms. The largest absolute Gasteiger partial charge is 0.433 e. The summed E-state index contributed by atoms with van der Waals surface area (Å²) in [5.74, 6) is 2.50. The highest BCUT2D eigenvalue weighted by molar-refractivity contribution is 5.68. The van der Waals surface area contributed by atoms with Crippen LogP contribution in [0.3, 0.4) is 0 Å². The first-order valence-electron chi connectivity index (χ1n) is 6.65. The molecule has 0 saturated carbocycles. The van der Waals surface area contributed by atoms with Crippen LogP contribution in [0.1, 0.15) is 44.7 Å². The molecule has 0 aliphatic heterocycles. The molecule has 3 nitrogen and oxygen atoms in total. The number of benzene rings is 1. The second kappa shape index (κ2) is 8.20. The Morgan fingerprint density at radius 2 is 2.11 bits per heavy atom. The van der Waals surface area contributed by atoms with Crippen molar-refractivity contribution in [3.8, 4) is 12.3 Å². The second-order valence-corrected chi connectivity index (χ2v) is 4.48. The Bertz CT molecular complexity index is 422. The molecular formula is C16H21NO2. The number of hydrogen-bond acceptors (Lipinski definition) is 2. The van der Waals surface area contributed by atoms with E-state index in [4.69, 9.17) is 11.2 Å². The lowest BCUT2D eigenvalue weighted by molar-refractivity contribution is 0.115. The van der Waals surface area contributed by atoms with E-state index in [1.165, 1.54) is 0 Å². The van der Waals surface area contributed by atoms with Crippen molar-refractivity contribution in [2.24, 2.45) is 0 Å². The van der Waals surface area contributed by atoms with Crippen LogP contribution in [0.25, 0.3) is 0 Å². The summed E-state index contributed by atoms with van der Waals surface area (Å²) in [5, 5.41) is 2.78. The molecule has 19 heavy (non-hydrogen) atoms. The van der Waals surface area contributed by atoms with Gasteiger partial charge in [0.25, 0.3) is 0 Å². The van der Waals surface area contributed by atoms with Gasteiger partial charge in [0.15, 0.2) is 6.10 Å². The molecule has 2 atom stereocenters. The normalized spacial score (nSPS) is 13.1. The fraction of sp³-hybridized carbons (Fsp3) is 0.438. The van der Waals surface area contributed by atoms with Gasteiger partial charge < -0.3 is 10.1 Å². The SMILES string of the molecule is C#C[C@@H](CCCC)OC(=O)N[C@@H](C)c1ccccc1. The van der Waals surface area contributed by atoms with Crippen molar-refractivity contribution in [1.82, 2.24) is 5.32 Å². The minimum Gasteiger partial charge on any atom is -0.433 e. The zero-order valence-electron chi connectivity index (χ0n) is 11.6. The Labute approximate surface area is 115 Å². The van der Waals surface area contributed by atoms with Crippen LogP contribution < -0.4 is 5.32 Å². The predicted octanol–water partition coefficient (Wildman–Crippen LogP) is 3.67. The number of nitrogens with one attached hydrogen (secondary N) is 1. The van der Waals surface area contributed by atoms with Gasteiger partial charge >= 0.3 is 6.09 Å². The molecular weight excluding hydrogens is 238 g/mol. The Hall–Kier alpha value is -1.95. The molecule has 1 amide bonds. The molecule has 3 heteroatoms. The van der Waals surface area contributed by atoms with Crippen LogP contribution in [0, 0.1) is 12.3 Å². The third-order valence-corrected chi connectivity index (χ3v) is 2.89. The van der Waals surface area contributed by atoms with Gasteiger partial charge in [-0.15, -0.1) is 6.42 Å². The molecule has 1 N–H and O–H groups in total. The molecule has 0 unspecified atom stereocenters. The van der Waals surface area contributed by atoms with E-state index in [0.29, 0.717) is 6.42 Å². The standard InChI is InChI=1S/C16H21NO2/c1-4-6-12-15(5-2)19-16(18)17-13(3)14-10-8-7-9-11-14/h2,7-11,13,15H,4,6,12H2,1,3H3,(H,17,18)/t13-,15-/m0/s1. The zero-order valence-corrected chi connectivity index (χ0v) is 11.6. The number of rotatable bonds is 6.